The maximum Gasteiger partial charge on any atom is 0.123 e. The molecule has 1 aromatic heterocycles. The zero-order valence-electron chi connectivity index (χ0n) is 7.23. The van der Waals surface area contributed by atoms with Gasteiger partial charge in [0, 0.05) is 0 Å². The Morgan fingerprint density at radius 3 is 3.31 bits per heavy atom. The van der Waals surface area contributed by atoms with Gasteiger partial charge in [0.2, 0.25) is 0 Å². The van der Waals surface area contributed by atoms with E-state index in [1.165, 1.54) is 0 Å². The molecule has 0 aliphatic carbocycles. The molecule has 2 rings (SSSR count). The lowest BCUT2D eigenvalue weighted by Crippen LogP contribution is -2.20. The van der Waals surface area contributed by atoms with Gasteiger partial charge in [-0.2, -0.15) is 0 Å². The van der Waals surface area contributed by atoms with Gasteiger partial charge in [0.15, 0.2) is 0 Å². The first-order valence-electron chi connectivity index (χ1n) is 4.28. The SMILES string of the molecule is Nc1cnc2c(c1)CCOC2CO. The number of nitrogens with two attached hydrogens (primary N) is 1. The Bertz CT molecular complexity index is 314. The second kappa shape index (κ2) is 3.32. The monoisotopic (exact) mass is 180 g/mol. The van der Waals surface area contributed by atoms with Crippen molar-refractivity contribution >= 4 is 5.69 Å². The number of hydrogen-bond acceptors (Lipinski definition) is 4. The summed E-state index contributed by atoms with van der Waals surface area (Å²) in [5.74, 6) is 0. The third kappa shape index (κ3) is 1.50. The van der Waals surface area contributed by atoms with Crippen LogP contribution >= 0.6 is 0 Å². The number of nitrogens with zero attached hydrogens (tertiary/aromatic N) is 1. The van der Waals surface area contributed by atoms with Crippen molar-refractivity contribution in [3.8, 4) is 0 Å². The van der Waals surface area contributed by atoms with Gasteiger partial charge in [-0.05, 0) is 18.1 Å². The Morgan fingerprint density at radius 2 is 2.54 bits per heavy atom. The number of aromatic nitrogens is 1. The lowest BCUT2D eigenvalue weighted by molar-refractivity contribution is 0.000187. The summed E-state index contributed by atoms with van der Waals surface area (Å²) in [5, 5.41) is 9.01. The van der Waals surface area contributed by atoms with Gasteiger partial charge in [0.25, 0.3) is 0 Å². The first-order valence-corrected chi connectivity index (χ1v) is 4.28. The molecule has 0 aromatic carbocycles. The van der Waals surface area contributed by atoms with Gasteiger partial charge < -0.3 is 15.6 Å². The largest absolute Gasteiger partial charge is 0.397 e. The van der Waals surface area contributed by atoms with Crippen molar-refractivity contribution in [1.82, 2.24) is 4.98 Å². The molecule has 2 heterocycles. The Labute approximate surface area is 76.4 Å². The van der Waals surface area contributed by atoms with Crippen molar-refractivity contribution in [3.63, 3.8) is 0 Å². The Balaban J connectivity index is 2.40. The van der Waals surface area contributed by atoms with Crippen LogP contribution < -0.4 is 5.73 Å². The Kier molecular flexibility index (Phi) is 2.16. The van der Waals surface area contributed by atoms with Gasteiger partial charge in [-0.3, -0.25) is 4.98 Å². The van der Waals surface area contributed by atoms with Crippen molar-refractivity contribution < 1.29 is 9.84 Å². The van der Waals surface area contributed by atoms with Gasteiger partial charge >= 0.3 is 0 Å². The summed E-state index contributed by atoms with van der Waals surface area (Å²) in [6.45, 7) is 0.604. The van der Waals surface area contributed by atoms with Crippen molar-refractivity contribution in [2.24, 2.45) is 0 Å². The minimum absolute atomic E-state index is 0.0239. The topological polar surface area (TPSA) is 68.4 Å². The highest BCUT2D eigenvalue weighted by Gasteiger charge is 2.21. The van der Waals surface area contributed by atoms with E-state index in [2.05, 4.69) is 4.98 Å². The van der Waals surface area contributed by atoms with Gasteiger partial charge in [-0.1, -0.05) is 0 Å². The van der Waals surface area contributed by atoms with Gasteiger partial charge in [0.05, 0.1) is 30.8 Å². The predicted octanol–water partition coefficient (Wildman–Crippen LogP) is 0.270. The maximum absolute atomic E-state index is 9.01. The third-order valence-electron chi connectivity index (χ3n) is 2.18. The summed E-state index contributed by atoms with van der Waals surface area (Å²) in [6, 6.07) is 1.90. The fourth-order valence-electron chi connectivity index (χ4n) is 1.56. The molecule has 0 spiro atoms. The highest BCUT2D eigenvalue weighted by atomic mass is 16.5. The van der Waals surface area contributed by atoms with Crippen molar-refractivity contribution in [2.75, 3.05) is 18.9 Å². The number of ether oxygens (including phenoxy) is 1. The second-order valence-corrected chi connectivity index (χ2v) is 3.11. The van der Waals surface area contributed by atoms with E-state index in [0.717, 1.165) is 17.7 Å². The number of aliphatic hydroxyl groups excluding tert-OH is 1. The first-order chi connectivity index (χ1) is 6.31. The molecule has 1 atom stereocenters. The van der Waals surface area contributed by atoms with Crippen LogP contribution in [0, 0.1) is 0 Å². The molecule has 1 aliphatic rings. The molecule has 4 nitrogen and oxygen atoms in total. The number of anilines is 1. The van der Waals surface area contributed by atoms with E-state index >= 15 is 0 Å². The van der Waals surface area contributed by atoms with E-state index in [0.29, 0.717) is 12.3 Å². The number of fused-ring (bicyclic) bond motifs is 1. The molecule has 4 heteroatoms. The summed E-state index contributed by atoms with van der Waals surface area (Å²) < 4.78 is 5.34. The molecule has 0 amide bonds. The molecule has 0 saturated carbocycles. The quantitative estimate of drug-likeness (QED) is 0.651. The fraction of sp³-hybridized carbons (Fsp3) is 0.444. The van der Waals surface area contributed by atoms with Crippen LogP contribution in [0.4, 0.5) is 5.69 Å². The summed E-state index contributed by atoms with van der Waals surface area (Å²) in [7, 11) is 0. The Hall–Kier alpha value is -1.13. The van der Waals surface area contributed by atoms with E-state index < -0.39 is 0 Å². The van der Waals surface area contributed by atoms with Gasteiger partial charge in [-0.15, -0.1) is 0 Å². The van der Waals surface area contributed by atoms with E-state index in [9.17, 15) is 0 Å². The molecule has 0 radical (unpaired) electrons. The van der Waals surface area contributed by atoms with Crippen LogP contribution in [-0.2, 0) is 11.2 Å². The fourth-order valence-corrected chi connectivity index (χ4v) is 1.56. The number of aliphatic hydroxyl groups is 1. The highest BCUT2D eigenvalue weighted by molar-refractivity contribution is 5.41. The maximum atomic E-state index is 9.01. The average Bonchev–Trinajstić information content (AvgIpc) is 2.16. The lowest BCUT2D eigenvalue weighted by Gasteiger charge is -2.23. The van der Waals surface area contributed by atoms with Crippen LogP contribution in [-0.4, -0.2) is 23.3 Å². The summed E-state index contributed by atoms with van der Waals surface area (Å²) in [6.07, 6.45) is 2.14. The summed E-state index contributed by atoms with van der Waals surface area (Å²) in [4.78, 5) is 4.16. The molecule has 13 heavy (non-hydrogen) atoms. The molecular weight excluding hydrogens is 168 g/mol. The van der Waals surface area contributed by atoms with Crippen LogP contribution in [0.25, 0.3) is 0 Å². The molecule has 1 aliphatic heterocycles. The zero-order valence-corrected chi connectivity index (χ0v) is 7.23. The van der Waals surface area contributed by atoms with Crippen molar-refractivity contribution in [2.45, 2.75) is 12.5 Å². The molecule has 1 aromatic rings. The molecule has 0 fully saturated rings. The highest BCUT2D eigenvalue weighted by Crippen LogP contribution is 2.25. The first kappa shape index (κ1) is 8.47. The van der Waals surface area contributed by atoms with E-state index in [1.54, 1.807) is 6.20 Å². The Morgan fingerprint density at radius 1 is 1.69 bits per heavy atom. The van der Waals surface area contributed by atoms with E-state index in [4.69, 9.17) is 15.6 Å². The van der Waals surface area contributed by atoms with Crippen LogP contribution in [0.5, 0.6) is 0 Å². The normalized spacial score (nSPS) is 21.2. The zero-order chi connectivity index (χ0) is 9.26. The third-order valence-corrected chi connectivity index (χ3v) is 2.18. The van der Waals surface area contributed by atoms with Gasteiger partial charge in [0.1, 0.15) is 6.10 Å². The lowest BCUT2D eigenvalue weighted by atomic mass is 10.0. The minimum Gasteiger partial charge on any atom is -0.397 e. The smallest absolute Gasteiger partial charge is 0.123 e. The number of nitrogen functional groups attached to an aromatic ring is 1. The minimum atomic E-state index is -0.274. The summed E-state index contributed by atoms with van der Waals surface area (Å²) in [5.41, 5.74) is 8.18. The molecule has 1 unspecified atom stereocenters. The predicted molar refractivity (Wildman–Crippen MR) is 48.1 cm³/mol. The van der Waals surface area contributed by atoms with Crippen LogP contribution in [0.15, 0.2) is 12.3 Å². The number of hydrogen-bond donors (Lipinski definition) is 2. The van der Waals surface area contributed by atoms with Crippen LogP contribution in [0.1, 0.15) is 17.4 Å². The van der Waals surface area contributed by atoms with Crippen molar-refractivity contribution in [3.05, 3.63) is 23.5 Å². The van der Waals surface area contributed by atoms with E-state index in [-0.39, 0.29) is 12.7 Å². The molecular formula is C9H12N2O2. The molecule has 0 saturated heterocycles. The van der Waals surface area contributed by atoms with E-state index in [1.807, 2.05) is 6.07 Å². The number of pyridine rings is 1. The van der Waals surface area contributed by atoms with Crippen LogP contribution in [0.3, 0.4) is 0 Å². The second-order valence-electron chi connectivity index (χ2n) is 3.11. The standard InChI is InChI=1S/C9H12N2O2/c10-7-3-6-1-2-13-8(5-12)9(6)11-4-7/h3-4,8,12H,1-2,5,10H2. The molecule has 70 valence electrons. The van der Waals surface area contributed by atoms with Gasteiger partial charge in [-0.25, -0.2) is 0 Å². The molecule has 3 N–H and O–H groups in total. The summed E-state index contributed by atoms with van der Waals surface area (Å²) >= 11 is 0. The number of rotatable bonds is 1. The van der Waals surface area contributed by atoms with Crippen LogP contribution in [0.2, 0.25) is 0 Å². The molecule has 0 bridgehead atoms. The van der Waals surface area contributed by atoms with Crippen molar-refractivity contribution in [1.29, 1.82) is 0 Å². The average molecular weight is 180 g/mol.